The fourth-order valence-electron chi connectivity index (χ4n) is 2.42. The highest BCUT2D eigenvalue weighted by atomic mass is 16.5. The van der Waals surface area contributed by atoms with Gasteiger partial charge in [-0.2, -0.15) is 0 Å². The van der Waals surface area contributed by atoms with E-state index in [0.29, 0.717) is 6.42 Å². The number of aliphatic hydroxyl groups is 1. The van der Waals surface area contributed by atoms with Crippen LogP contribution in [-0.2, 0) is 11.2 Å². The molecule has 0 aliphatic heterocycles. The molecule has 0 aromatic heterocycles. The van der Waals surface area contributed by atoms with Crippen LogP contribution in [0.3, 0.4) is 0 Å². The molecule has 0 aliphatic rings. The molecule has 0 heterocycles. The number of hydrogen-bond donors (Lipinski definition) is 1. The van der Waals surface area contributed by atoms with Gasteiger partial charge in [-0.25, -0.2) is 0 Å². The first-order valence-corrected chi connectivity index (χ1v) is 6.62. The summed E-state index contributed by atoms with van der Waals surface area (Å²) in [4.78, 5) is 0. The van der Waals surface area contributed by atoms with Crippen LogP contribution in [0.5, 0.6) is 0 Å². The van der Waals surface area contributed by atoms with Crippen LogP contribution in [0.25, 0.3) is 0 Å². The molecule has 1 rings (SSSR count). The van der Waals surface area contributed by atoms with Crippen LogP contribution in [-0.4, -0.2) is 22.4 Å². The van der Waals surface area contributed by atoms with E-state index in [2.05, 4.69) is 26.0 Å². The number of benzene rings is 1. The lowest BCUT2D eigenvalue weighted by Crippen LogP contribution is -2.35. The molecule has 1 unspecified atom stereocenters. The van der Waals surface area contributed by atoms with E-state index in [1.54, 1.807) is 0 Å². The molecule has 0 amide bonds. The van der Waals surface area contributed by atoms with Gasteiger partial charge in [-0.1, -0.05) is 30.3 Å². The minimum Gasteiger partial charge on any atom is -0.390 e. The van der Waals surface area contributed by atoms with E-state index in [1.165, 1.54) is 5.56 Å². The third kappa shape index (κ3) is 6.18. The van der Waals surface area contributed by atoms with Gasteiger partial charge in [-0.15, -0.1) is 0 Å². The first kappa shape index (κ1) is 15.2. The SMILES string of the molecule is CC(CC(C)(C)O)OC(C)(C)Cc1ccccc1. The Balaban J connectivity index is 2.54. The van der Waals surface area contributed by atoms with Crippen LogP contribution in [0.4, 0.5) is 0 Å². The molecular formula is C16H26O2. The van der Waals surface area contributed by atoms with Crippen LogP contribution in [0, 0.1) is 0 Å². The van der Waals surface area contributed by atoms with Gasteiger partial charge in [0.2, 0.25) is 0 Å². The zero-order valence-corrected chi connectivity index (χ0v) is 12.2. The minimum atomic E-state index is -0.678. The van der Waals surface area contributed by atoms with Gasteiger partial charge in [0.1, 0.15) is 0 Å². The smallest absolute Gasteiger partial charge is 0.0670 e. The third-order valence-electron chi connectivity index (χ3n) is 2.78. The maximum Gasteiger partial charge on any atom is 0.0670 e. The van der Waals surface area contributed by atoms with Crippen LogP contribution in [0.15, 0.2) is 30.3 Å². The van der Waals surface area contributed by atoms with E-state index in [1.807, 2.05) is 39.0 Å². The molecule has 0 aliphatic carbocycles. The van der Waals surface area contributed by atoms with Gasteiger partial charge in [0.15, 0.2) is 0 Å². The van der Waals surface area contributed by atoms with Crippen molar-refractivity contribution in [3.8, 4) is 0 Å². The van der Waals surface area contributed by atoms with E-state index < -0.39 is 5.60 Å². The summed E-state index contributed by atoms with van der Waals surface area (Å²) in [5, 5.41) is 9.79. The minimum absolute atomic E-state index is 0.0451. The molecule has 1 aromatic rings. The van der Waals surface area contributed by atoms with Crippen LogP contribution in [0.2, 0.25) is 0 Å². The summed E-state index contributed by atoms with van der Waals surface area (Å²) in [6.45, 7) is 9.85. The van der Waals surface area contributed by atoms with Crippen LogP contribution < -0.4 is 0 Å². The Hall–Kier alpha value is -0.860. The van der Waals surface area contributed by atoms with E-state index in [-0.39, 0.29) is 11.7 Å². The van der Waals surface area contributed by atoms with Crippen molar-refractivity contribution < 1.29 is 9.84 Å². The lowest BCUT2D eigenvalue weighted by molar-refractivity contribution is -0.0907. The molecule has 102 valence electrons. The second kappa shape index (κ2) is 5.85. The highest BCUT2D eigenvalue weighted by Gasteiger charge is 2.25. The zero-order chi connectivity index (χ0) is 13.8. The highest BCUT2D eigenvalue weighted by Crippen LogP contribution is 2.22. The predicted molar refractivity (Wildman–Crippen MR) is 75.7 cm³/mol. The van der Waals surface area contributed by atoms with Crippen molar-refractivity contribution in [2.75, 3.05) is 0 Å². The first-order chi connectivity index (χ1) is 8.18. The Morgan fingerprint density at radius 1 is 1.11 bits per heavy atom. The first-order valence-electron chi connectivity index (χ1n) is 6.62. The fraction of sp³-hybridized carbons (Fsp3) is 0.625. The van der Waals surface area contributed by atoms with E-state index in [4.69, 9.17) is 4.74 Å². The maximum absolute atomic E-state index is 9.79. The van der Waals surface area contributed by atoms with Gasteiger partial charge in [-0.3, -0.25) is 0 Å². The lowest BCUT2D eigenvalue weighted by Gasteiger charge is -2.32. The maximum atomic E-state index is 9.79. The topological polar surface area (TPSA) is 29.5 Å². The molecule has 0 bridgehead atoms. The quantitative estimate of drug-likeness (QED) is 0.836. The van der Waals surface area contributed by atoms with Gasteiger partial charge in [0.05, 0.1) is 17.3 Å². The zero-order valence-electron chi connectivity index (χ0n) is 12.2. The monoisotopic (exact) mass is 250 g/mol. The van der Waals surface area contributed by atoms with Crippen molar-refractivity contribution in [2.45, 2.75) is 64.8 Å². The number of rotatable bonds is 6. The van der Waals surface area contributed by atoms with Crippen molar-refractivity contribution in [3.05, 3.63) is 35.9 Å². The molecule has 1 aromatic carbocycles. The fourth-order valence-corrected chi connectivity index (χ4v) is 2.42. The summed E-state index contributed by atoms with van der Waals surface area (Å²) >= 11 is 0. The molecule has 1 atom stereocenters. The Labute approximate surface area is 111 Å². The second-order valence-corrected chi connectivity index (χ2v) is 6.37. The third-order valence-corrected chi connectivity index (χ3v) is 2.78. The molecule has 2 nitrogen and oxygen atoms in total. The number of hydrogen-bond acceptors (Lipinski definition) is 2. The molecule has 0 fully saturated rings. The second-order valence-electron chi connectivity index (χ2n) is 6.37. The molecule has 18 heavy (non-hydrogen) atoms. The summed E-state index contributed by atoms with van der Waals surface area (Å²) < 4.78 is 6.06. The molecule has 0 spiro atoms. The Kier molecular flexibility index (Phi) is 4.94. The Morgan fingerprint density at radius 2 is 1.67 bits per heavy atom. The Bertz CT molecular complexity index is 349. The van der Waals surface area contributed by atoms with Gasteiger partial charge in [0.25, 0.3) is 0 Å². The van der Waals surface area contributed by atoms with E-state index in [0.717, 1.165) is 6.42 Å². The summed E-state index contributed by atoms with van der Waals surface area (Å²) in [6, 6.07) is 10.4. The van der Waals surface area contributed by atoms with E-state index in [9.17, 15) is 5.11 Å². The molecule has 2 heteroatoms. The Morgan fingerprint density at radius 3 is 2.17 bits per heavy atom. The largest absolute Gasteiger partial charge is 0.390 e. The highest BCUT2D eigenvalue weighted by molar-refractivity contribution is 5.16. The van der Waals surface area contributed by atoms with Gasteiger partial charge in [-0.05, 0) is 40.2 Å². The normalized spacial score (nSPS) is 14.6. The van der Waals surface area contributed by atoms with Crippen molar-refractivity contribution in [1.82, 2.24) is 0 Å². The summed E-state index contributed by atoms with van der Waals surface area (Å²) in [5.41, 5.74) is 0.381. The van der Waals surface area contributed by atoms with Crippen molar-refractivity contribution in [2.24, 2.45) is 0 Å². The average Bonchev–Trinajstić information content (AvgIpc) is 2.13. The summed E-state index contributed by atoms with van der Waals surface area (Å²) in [5.74, 6) is 0. The number of ether oxygens (including phenoxy) is 1. The van der Waals surface area contributed by atoms with Crippen LogP contribution in [0.1, 0.15) is 46.6 Å². The molecular weight excluding hydrogens is 224 g/mol. The summed E-state index contributed by atoms with van der Waals surface area (Å²) in [6.07, 6.45) is 1.57. The van der Waals surface area contributed by atoms with E-state index >= 15 is 0 Å². The van der Waals surface area contributed by atoms with Gasteiger partial charge < -0.3 is 9.84 Å². The molecule has 1 N–H and O–H groups in total. The summed E-state index contributed by atoms with van der Waals surface area (Å²) in [7, 11) is 0. The van der Waals surface area contributed by atoms with Crippen LogP contribution >= 0.6 is 0 Å². The van der Waals surface area contributed by atoms with Crippen molar-refractivity contribution >= 4 is 0 Å². The molecule has 0 saturated heterocycles. The predicted octanol–water partition coefficient (Wildman–Crippen LogP) is 3.57. The average molecular weight is 250 g/mol. The van der Waals surface area contributed by atoms with Crippen molar-refractivity contribution in [1.29, 1.82) is 0 Å². The van der Waals surface area contributed by atoms with Crippen molar-refractivity contribution in [3.63, 3.8) is 0 Å². The van der Waals surface area contributed by atoms with Gasteiger partial charge >= 0.3 is 0 Å². The standard InChI is InChI=1S/C16H26O2/c1-13(11-15(2,3)17)18-16(4,5)12-14-9-7-6-8-10-14/h6-10,13,17H,11-12H2,1-5H3. The molecule has 0 radical (unpaired) electrons. The lowest BCUT2D eigenvalue weighted by atomic mass is 9.96. The van der Waals surface area contributed by atoms with Gasteiger partial charge in [0, 0.05) is 12.8 Å². The molecule has 0 saturated carbocycles.